The van der Waals surface area contributed by atoms with E-state index in [2.05, 4.69) is 11.9 Å². The van der Waals surface area contributed by atoms with Crippen LogP contribution in [0, 0.1) is 0 Å². The lowest BCUT2D eigenvalue weighted by Gasteiger charge is -2.35. The normalized spacial score (nSPS) is 23.4. The number of rotatable bonds is 2. The molecule has 0 bridgehead atoms. The molecule has 3 N–H and O–H groups in total. The van der Waals surface area contributed by atoms with E-state index in [1.54, 1.807) is 0 Å². The van der Waals surface area contributed by atoms with Gasteiger partial charge in [-0.05, 0) is 0 Å². The summed E-state index contributed by atoms with van der Waals surface area (Å²) in [6.07, 6.45) is -0.244. The van der Waals surface area contributed by atoms with Crippen molar-refractivity contribution in [3.8, 4) is 0 Å². The van der Waals surface area contributed by atoms with Crippen LogP contribution in [0.2, 0.25) is 0 Å². The Kier molecular flexibility index (Phi) is 1.54. The van der Waals surface area contributed by atoms with Crippen molar-refractivity contribution >= 4 is 0 Å². The molecular weight excluding hydrogens is 138 g/mol. The van der Waals surface area contributed by atoms with Crippen LogP contribution in [-0.4, -0.2) is 12.0 Å². The van der Waals surface area contributed by atoms with Crippen molar-refractivity contribution in [1.29, 1.82) is 0 Å². The largest absolute Gasteiger partial charge is 0.386 e. The van der Waals surface area contributed by atoms with Crippen LogP contribution < -0.4 is 11.1 Å². The summed E-state index contributed by atoms with van der Waals surface area (Å²) in [6.45, 7) is 3.35. The van der Waals surface area contributed by atoms with E-state index in [9.17, 15) is 8.78 Å². The van der Waals surface area contributed by atoms with Gasteiger partial charge in [-0.2, -0.15) is 0 Å². The molecule has 0 saturated heterocycles. The highest BCUT2D eigenvalue weighted by atomic mass is 19.3. The zero-order valence-corrected chi connectivity index (χ0v) is 5.53. The quantitative estimate of drug-likeness (QED) is 0.608. The summed E-state index contributed by atoms with van der Waals surface area (Å²) in [7, 11) is 0. The van der Waals surface area contributed by atoms with Gasteiger partial charge in [0.2, 0.25) is 0 Å². The summed E-state index contributed by atoms with van der Waals surface area (Å²) in [5.74, 6) is -2.21. The maximum atomic E-state index is 12.1. The molecule has 1 saturated carbocycles. The minimum Gasteiger partial charge on any atom is -0.386 e. The van der Waals surface area contributed by atoms with Gasteiger partial charge in [0.15, 0.2) is 0 Å². The highest BCUT2D eigenvalue weighted by molar-refractivity contribution is 4.97. The van der Waals surface area contributed by atoms with Crippen molar-refractivity contribution in [2.75, 3.05) is 0 Å². The van der Waals surface area contributed by atoms with Gasteiger partial charge in [-0.15, -0.1) is 0 Å². The lowest BCUT2D eigenvalue weighted by Crippen LogP contribution is -2.48. The molecule has 0 spiro atoms. The van der Waals surface area contributed by atoms with Crippen LogP contribution in [0.5, 0.6) is 0 Å². The SMILES string of the molecule is C=C(N)NC1CC(F)(F)C1. The second kappa shape index (κ2) is 2.11. The van der Waals surface area contributed by atoms with Crippen LogP contribution in [0.25, 0.3) is 0 Å². The van der Waals surface area contributed by atoms with E-state index in [-0.39, 0.29) is 24.7 Å². The predicted molar refractivity (Wildman–Crippen MR) is 34.4 cm³/mol. The van der Waals surface area contributed by atoms with Crippen LogP contribution in [0.15, 0.2) is 12.4 Å². The minimum absolute atomic E-state index is 0.122. The number of hydrogen-bond acceptors (Lipinski definition) is 2. The van der Waals surface area contributed by atoms with Crippen molar-refractivity contribution in [2.24, 2.45) is 5.73 Å². The molecule has 10 heavy (non-hydrogen) atoms. The molecule has 1 rings (SSSR count). The maximum absolute atomic E-state index is 12.1. The average Bonchev–Trinajstić information content (AvgIpc) is 1.57. The Balaban J connectivity index is 2.21. The molecule has 2 nitrogen and oxygen atoms in total. The molecule has 0 aromatic rings. The van der Waals surface area contributed by atoms with Crippen LogP contribution in [0.3, 0.4) is 0 Å². The second-order valence-corrected chi connectivity index (χ2v) is 2.63. The number of halogens is 2. The minimum atomic E-state index is -2.48. The molecule has 0 heterocycles. The van der Waals surface area contributed by atoms with E-state index < -0.39 is 5.92 Å². The van der Waals surface area contributed by atoms with Crippen LogP contribution in [-0.2, 0) is 0 Å². The van der Waals surface area contributed by atoms with E-state index in [4.69, 9.17) is 5.73 Å². The van der Waals surface area contributed by atoms with Gasteiger partial charge in [-0.1, -0.05) is 6.58 Å². The molecule has 1 aliphatic rings. The third kappa shape index (κ3) is 1.59. The number of nitrogens with one attached hydrogen (secondary N) is 1. The van der Waals surface area contributed by atoms with E-state index >= 15 is 0 Å². The van der Waals surface area contributed by atoms with Crippen molar-refractivity contribution in [3.63, 3.8) is 0 Å². The molecule has 1 aliphatic carbocycles. The summed E-state index contributed by atoms with van der Waals surface area (Å²) >= 11 is 0. The highest BCUT2D eigenvalue weighted by Crippen LogP contribution is 2.37. The van der Waals surface area contributed by atoms with E-state index in [0.29, 0.717) is 0 Å². The lowest BCUT2D eigenvalue weighted by atomic mass is 9.88. The zero-order valence-electron chi connectivity index (χ0n) is 5.53. The van der Waals surface area contributed by atoms with E-state index in [1.165, 1.54) is 0 Å². The first-order valence-corrected chi connectivity index (χ1v) is 3.08. The molecule has 58 valence electrons. The molecule has 1 fully saturated rings. The Hall–Kier alpha value is -0.800. The molecule has 0 atom stereocenters. The highest BCUT2D eigenvalue weighted by Gasteiger charge is 2.45. The zero-order chi connectivity index (χ0) is 7.78. The van der Waals surface area contributed by atoms with Gasteiger partial charge >= 0.3 is 0 Å². The molecule has 0 unspecified atom stereocenters. The van der Waals surface area contributed by atoms with Gasteiger partial charge in [-0.3, -0.25) is 0 Å². The molecular formula is C6H10F2N2. The van der Waals surface area contributed by atoms with Gasteiger partial charge < -0.3 is 11.1 Å². The number of alkyl halides is 2. The first kappa shape index (κ1) is 7.31. The Morgan fingerprint density at radius 1 is 1.60 bits per heavy atom. The van der Waals surface area contributed by atoms with Gasteiger partial charge in [-0.25, -0.2) is 8.78 Å². The topological polar surface area (TPSA) is 38.0 Å². The van der Waals surface area contributed by atoms with Gasteiger partial charge in [0.25, 0.3) is 5.92 Å². The predicted octanol–water partition coefficient (Wildman–Crippen LogP) is 0.804. The Morgan fingerprint density at radius 2 is 2.10 bits per heavy atom. The third-order valence-electron chi connectivity index (χ3n) is 1.48. The summed E-state index contributed by atoms with van der Waals surface area (Å²) in [6, 6.07) is -0.174. The number of hydrogen-bond donors (Lipinski definition) is 2. The van der Waals surface area contributed by atoms with Crippen molar-refractivity contribution in [2.45, 2.75) is 24.8 Å². The van der Waals surface area contributed by atoms with E-state index in [1.807, 2.05) is 0 Å². The molecule has 4 heteroatoms. The molecule has 0 aliphatic heterocycles. The molecule has 0 amide bonds. The smallest absolute Gasteiger partial charge is 0.252 e. The average molecular weight is 148 g/mol. The fourth-order valence-corrected chi connectivity index (χ4v) is 1.03. The first-order valence-electron chi connectivity index (χ1n) is 3.08. The third-order valence-corrected chi connectivity index (χ3v) is 1.48. The van der Waals surface area contributed by atoms with Crippen molar-refractivity contribution in [1.82, 2.24) is 5.32 Å². The van der Waals surface area contributed by atoms with Gasteiger partial charge in [0.1, 0.15) is 0 Å². The van der Waals surface area contributed by atoms with Gasteiger partial charge in [0, 0.05) is 18.9 Å². The maximum Gasteiger partial charge on any atom is 0.252 e. The van der Waals surface area contributed by atoms with Crippen LogP contribution in [0.1, 0.15) is 12.8 Å². The monoisotopic (exact) mass is 148 g/mol. The fourth-order valence-electron chi connectivity index (χ4n) is 1.03. The van der Waals surface area contributed by atoms with Gasteiger partial charge in [0.05, 0.1) is 5.82 Å². The Bertz CT molecular complexity index is 148. The van der Waals surface area contributed by atoms with E-state index in [0.717, 1.165) is 0 Å². The summed E-state index contributed by atoms with van der Waals surface area (Å²) in [4.78, 5) is 0. The summed E-state index contributed by atoms with van der Waals surface area (Å²) in [5, 5.41) is 2.64. The first-order chi connectivity index (χ1) is 4.49. The summed E-state index contributed by atoms with van der Waals surface area (Å²) in [5.41, 5.74) is 5.14. The number of nitrogens with two attached hydrogens (primary N) is 1. The Labute approximate surface area is 58.1 Å². The molecule has 0 aromatic carbocycles. The van der Waals surface area contributed by atoms with Crippen LogP contribution >= 0.6 is 0 Å². The van der Waals surface area contributed by atoms with Crippen molar-refractivity contribution < 1.29 is 8.78 Å². The second-order valence-electron chi connectivity index (χ2n) is 2.63. The standard InChI is InChI=1S/C6H10F2N2/c1-4(9)10-5-2-6(7,8)3-5/h5,10H,1-3,9H2. The van der Waals surface area contributed by atoms with Crippen LogP contribution in [0.4, 0.5) is 8.78 Å². The Morgan fingerprint density at radius 3 is 2.40 bits per heavy atom. The van der Waals surface area contributed by atoms with Crippen molar-refractivity contribution in [3.05, 3.63) is 12.4 Å². The molecule has 0 aromatic heterocycles. The molecule has 0 radical (unpaired) electrons. The lowest BCUT2D eigenvalue weighted by molar-refractivity contribution is -0.0905. The summed E-state index contributed by atoms with van der Waals surface area (Å²) < 4.78 is 24.3. The fraction of sp³-hybridized carbons (Fsp3) is 0.667.